The van der Waals surface area contributed by atoms with E-state index in [1.165, 1.54) is 18.3 Å². The van der Waals surface area contributed by atoms with Crippen molar-refractivity contribution in [2.45, 2.75) is 25.8 Å². The molecule has 1 saturated heterocycles. The third-order valence-electron chi connectivity index (χ3n) is 5.55. The minimum atomic E-state index is -0.339. The first kappa shape index (κ1) is 21.5. The first-order valence-electron chi connectivity index (χ1n) is 10.7. The van der Waals surface area contributed by atoms with Gasteiger partial charge in [0.05, 0.1) is 29.6 Å². The molecule has 0 radical (unpaired) electrons. The van der Waals surface area contributed by atoms with Crippen LogP contribution in [-0.2, 0) is 0 Å². The Morgan fingerprint density at radius 3 is 2.56 bits per heavy atom. The number of halogens is 1. The molecule has 1 aromatic heterocycles. The number of likely N-dealkylation sites (tertiary alicyclic amines) is 1. The highest BCUT2D eigenvalue weighted by atomic mass is 19.1. The van der Waals surface area contributed by atoms with Gasteiger partial charge in [-0.3, -0.25) is 14.7 Å². The molecule has 2 heterocycles. The third kappa shape index (κ3) is 4.64. The summed E-state index contributed by atoms with van der Waals surface area (Å²) in [6.07, 6.45) is 2.80. The highest BCUT2D eigenvalue weighted by Crippen LogP contribution is 2.24. The van der Waals surface area contributed by atoms with Crippen molar-refractivity contribution in [3.05, 3.63) is 71.7 Å². The Morgan fingerprint density at radius 1 is 1.12 bits per heavy atom. The average Bonchev–Trinajstić information content (AvgIpc) is 3.30. The number of para-hydroxylation sites is 1. The summed E-state index contributed by atoms with van der Waals surface area (Å²) < 4.78 is 18.8. The van der Waals surface area contributed by atoms with Crippen LogP contribution >= 0.6 is 0 Å². The van der Waals surface area contributed by atoms with Gasteiger partial charge in [0.1, 0.15) is 11.6 Å². The Morgan fingerprint density at radius 2 is 1.84 bits per heavy atom. The van der Waals surface area contributed by atoms with Gasteiger partial charge in [0.25, 0.3) is 11.8 Å². The van der Waals surface area contributed by atoms with Crippen molar-refractivity contribution in [3.8, 4) is 17.0 Å². The second kappa shape index (κ2) is 9.64. The van der Waals surface area contributed by atoms with Crippen molar-refractivity contribution >= 4 is 11.8 Å². The molecule has 4 rings (SSSR count). The number of aromatic amines is 1. The summed E-state index contributed by atoms with van der Waals surface area (Å²) in [6.45, 7) is 3.40. The Balaban J connectivity index is 1.37. The second-order valence-electron chi connectivity index (χ2n) is 7.63. The predicted molar refractivity (Wildman–Crippen MR) is 118 cm³/mol. The number of amides is 2. The lowest BCUT2D eigenvalue weighted by Crippen LogP contribution is -2.46. The Hall–Kier alpha value is -3.68. The van der Waals surface area contributed by atoms with E-state index >= 15 is 0 Å². The van der Waals surface area contributed by atoms with Crippen molar-refractivity contribution in [1.29, 1.82) is 0 Å². The zero-order valence-corrected chi connectivity index (χ0v) is 17.8. The van der Waals surface area contributed by atoms with Crippen LogP contribution in [0.2, 0.25) is 0 Å². The number of benzene rings is 2. The average molecular weight is 436 g/mol. The van der Waals surface area contributed by atoms with Gasteiger partial charge in [-0.25, -0.2) is 4.39 Å². The maximum Gasteiger partial charge on any atom is 0.257 e. The zero-order valence-electron chi connectivity index (χ0n) is 17.8. The topological polar surface area (TPSA) is 87.3 Å². The smallest absolute Gasteiger partial charge is 0.257 e. The number of carbonyl (C=O) groups is 2. The molecule has 8 heteroatoms. The van der Waals surface area contributed by atoms with Crippen LogP contribution in [0.5, 0.6) is 5.75 Å². The predicted octanol–water partition coefficient (Wildman–Crippen LogP) is 3.65. The number of piperidine rings is 1. The van der Waals surface area contributed by atoms with Crippen LogP contribution in [0.15, 0.2) is 54.7 Å². The van der Waals surface area contributed by atoms with E-state index in [-0.39, 0.29) is 23.7 Å². The maximum atomic E-state index is 13.2. The van der Waals surface area contributed by atoms with Crippen LogP contribution in [0.3, 0.4) is 0 Å². The normalized spacial score (nSPS) is 14.2. The van der Waals surface area contributed by atoms with Gasteiger partial charge in [0.2, 0.25) is 0 Å². The van der Waals surface area contributed by atoms with E-state index in [4.69, 9.17) is 4.74 Å². The number of carbonyl (C=O) groups excluding carboxylic acids is 2. The number of hydrogen-bond donors (Lipinski definition) is 2. The molecule has 32 heavy (non-hydrogen) atoms. The Bertz CT molecular complexity index is 1090. The van der Waals surface area contributed by atoms with Gasteiger partial charge in [0, 0.05) is 24.7 Å². The van der Waals surface area contributed by atoms with E-state index in [2.05, 4.69) is 15.5 Å². The number of hydrogen-bond acceptors (Lipinski definition) is 4. The summed E-state index contributed by atoms with van der Waals surface area (Å²) in [5, 5.41) is 9.91. The Labute approximate surface area is 185 Å². The lowest BCUT2D eigenvalue weighted by Gasteiger charge is -2.32. The number of nitrogens with one attached hydrogen (secondary N) is 2. The molecule has 3 aromatic rings. The van der Waals surface area contributed by atoms with Crippen molar-refractivity contribution < 1.29 is 18.7 Å². The molecule has 1 aliphatic rings. The molecule has 0 atom stereocenters. The lowest BCUT2D eigenvalue weighted by atomic mass is 10.0. The highest BCUT2D eigenvalue weighted by molar-refractivity contribution is 6.00. The molecular weight excluding hydrogens is 411 g/mol. The van der Waals surface area contributed by atoms with E-state index in [0.717, 1.165) is 0 Å². The van der Waals surface area contributed by atoms with Gasteiger partial charge < -0.3 is 15.0 Å². The SMILES string of the molecule is CCOc1ccccc1C(=O)NC1CCN(C(=O)c2cn[nH]c2-c2ccc(F)cc2)CC1. The third-order valence-corrected chi connectivity index (χ3v) is 5.55. The van der Waals surface area contributed by atoms with Gasteiger partial charge in [-0.15, -0.1) is 0 Å². The second-order valence-corrected chi connectivity index (χ2v) is 7.63. The molecule has 0 unspecified atom stereocenters. The monoisotopic (exact) mass is 436 g/mol. The molecule has 166 valence electrons. The molecule has 2 N–H and O–H groups in total. The molecule has 1 aliphatic heterocycles. The van der Waals surface area contributed by atoms with E-state index < -0.39 is 0 Å². The number of rotatable bonds is 6. The summed E-state index contributed by atoms with van der Waals surface area (Å²) in [4.78, 5) is 27.6. The van der Waals surface area contributed by atoms with E-state index in [9.17, 15) is 14.0 Å². The lowest BCUT2D eigenvalue weighted by molar-refractivity contribution is 0.0698. The molecule has 0 spiro atoms. The summed E-state index contributed by atoms with van der Waals surface area (Å²) in [5.74, 6) is -0.0839. The summed E-state index contributed by atoms with van der Waals surface area (Å²) >= 11 is 0. The van der Waals surface area contributed by atoms with Gasteiger partial charge in [-0.05, 0) is 56.2 Å². The summed E-state index contributed by atoms with van der Waals surface area (Å²) in [5.41, 5.74) is 2.22. The first-order valence-corrected chi connectivity index (χ1v) is 10.7. The standard InChI is InChI=1S/C24H25FN4O3/c1-2-32-21-6-4-3-5-19(21)23(30)27-18-11-13-29(14-12-18)24(31)20-15-26-28-22(20)16-7-9-17(25)10-8-16/h3-10,15,18H,2,11-14H2,1H3,(H,26,28)(H,27,30). The number of nitrogens with zero attached hydrogens (tertiary/aromatic N) is 2. The molecule has 0 aliphatic carbocycles. The van der Waals surface area contributed by atoms with Gasteiger partial charge >= 0.3 is 0 Å². The van der Waals surface area contributed by atoms with Crippen LogP contribution < -0.4 is 10.1 Å². The minimum Gasteiger partial charge on any atom is -0.493 e. The van der Waals surface area contributed by atoms with Crippen LogP contribution in [0.25, 0.3) is 11.3 Å². The molecule has 2 aromatic carbocycles. The molecule has 7 nitrogen and oxygen atoms in total. The first-order chi connectivity index (χ1) is 15.6. The maximum absolute atomic E-state index is 13.2. The molecule has 2 amide bonds. The molecule has 0 bridgehead atoms. The van der Waals surface area contributed by atoms with E-state index in [0.29, 0.717) is 60.7 Å². The van der Waals surface area contributed by atoms with Gasteiger partial charge in [-0.2, -0.15) is 5.10 Å². The highest BCUT2D eigenvalue weighted by Gasteiger charge is 2.27. The van der Waals surface area contributed by atoms with Crippen molar-refractivity contribution in [2.75, 3.05) is 19.7 Å². The Kier molecular flexibility index (Phi) is 6.49. The number of H-pyrrole nitrogens is 1. The summed E-state index contributed by atoms with van der Waals surface area (Å²) in [6, 6.07) is 13.1. The molecule has 0 saturated carbocycles. The van der Waals surface area contributed by atoms with Crippen molar-refractivity contribution in [2.24, 2.45) is 0 Å². The van der Waals surface area contributed by atoms with E-state index in [1.807, 2.05) is 19.1 Å². The molecule has 1 fully saturated rings. The minimum absolute atomic E-state index is 0.0258. The summed E-state index contributed by atoms with van der Waals surface area (Å²) in [7, 11) is 0. The van der Waals surface area contributed by atoms with E-state index in [1.54, 1.807) is 29.2 Å². The number of ether oxygens (including phenoxy) is 1. The largest absolute Gasteiger partial charge is 0.493 e. The van der Waals surface area contributed by atoms with Crippen molar-refractivity contribution in [3.63, 3.8) is 0 Å². The fourth-order valence-corrected chi connectivity index (χ4v) is 3.88. The van der Waals surface area contributed by atoms with Crippen LogP contribution in [0, 0.1) is 5.82 Å². The fraction of sp³-hybridized carbons (Fsp3) is 0.292. The van der Waals surface area contributed by atoms with Gasteiger partial charge in [0.15, 0.2) is 0 Å². The number of aromatic nitrogens is 2. The van der Waals surface area contributed by atoms with Crippen LogP contribution in [-0.4, -0.2) is 52.6 Å². The van der Waals surface area contributed by atoms with Crippen molar-refractivity contribution in [1.82, 2.24) is 20.4 Å². The quantitative estimate of drug-likeness (QED) is 0.618. The fourth-order valence-electron chi connectivity index (χ4n) is 3.88. The van der Waals surface area contributed by atoms with Gasteiger partial charge in [-0.1, -0.05) is 12.1 Å². The zero-order chi connectivity index (χ0) is 22.5. The molecular formula is C24H25FN4O3. The van der Waals surface area contributed by atoms with Crippen LogP contribution in [0.4, 0.5) is 4.39 Å². The van der Waals surface area contributed by atoms with Crippen LogP contribution in [0.1, 0.15) is 40.5 Å².